The number of carbonyl (C=O) groups is 2. The molecule has 1 saturated heterocycles. The molecule has 1 rings (SSSR count). The van der Waals surface area contributed by atoms with Gasteiger partial charge in [-0.3, -0.25) is 4.79 Å². The second kappa shape index (κ2) is 7.07. The molecule has 0 bridgehead atoms. The minimum absolute atomic E-state index is 0.0714. The maximum absolute atomic E-state index is 12.4. The highest BCUT2D eigenvalue weighted by Gasteiger charge is 2.31. The van der Waals surface area contributed by atoms with Crippen molar-refractivity contribution in [2.45, 2.75) is 71.6 Å². The van der Waals surface area contributed by atoms with Crippen LogP contribution in [-0.4, -0.2) is 36.1 Å². The molecule has 0 spiro atoms. The summed E-state index contributed by atoms with van der Waals surface area (Å²) >= 11 is 0. The summed E-state index contributed by atoms with van der Waals surface area (Å²) in [6, 6.07) is -0.603. The lowest BCUT2D eigenvalue weighted by Crippen LogP contribution is -2.49. The minimum Gasteiger partial charge on any atom is -0.444 e. The summed E-state index contributed by atoms with van der Waals surface area (Å²) in [6.45, 7) is 10.4. The van der Waals surface area contributed by atoms with Crippen LogP contribution in [0.1, 0.15) is 53.9 Å². The van der Waals surface area contributed by atoms with Crippen molar-refractivity contribution in [1.29, 1.82) is 0 Å². The van der Waals surface area contributed by atoms with E-state index in [0.29, 0.717) is 12.3 Å². The monoisotopic (exact) mass is 284 g/mol. The molecule has 0 aromatic rings. The van der Waals surface area contributed by atoms with Gasteiger partial charge in [0.25, 0.3) is 0 Å². The summed E-state index contributed by atoms with van der Waals surface area (Å²) in [5.41, 5.74) is -0.554. The molecule has 1 unspecified atom stereocenters. The number of ketones is 1. The van der Waals surface area contributed by atoms with Gasteiger partial charge in [0.2, 0.25) is 0 Å². The molecule has 5 nitrogen and oxygen atoms in total. The lowest BCUT2D eigenvalue weighted by atomic mass is 9.95. The second-order valence-electron chi connectivity index (χ2n) is 6.88. The Bertz CT molecular complexity index is 342. The minimum atomic E-state index is -0.554. The molecule has 116 valence electrons. The van der Waals surface area contributed by atoms with E-state index >= 15 is 0 Å². The number of ether oxygens (including phenoxy) is 1. The molecule has 2 atom stereocenters. The van der Waals surface area contributed by atoms with Gasteiger partial charge in [-0.1, -0.05) is 13.8 Å². The highest BCUT2D eigenvalue weighted by atomic mass is 16.6. The van der Waals surface area contributed by atoms with Gasteiger partial charge in [-0.2, -0.15) is 0 Å². The zero-order valence-corrected chi connectivity index (χ0v) is 13.3. The van der Waals surface area contributed by atoms with Crippen molar-refractivity contribution in [3.63, 3.8) is 0 Å². The Morgan fingerprint density at radius 2 is 2.00 bits per heavy atom. The topological polar surface area (TPSA) is 67.4 Å². The number of nitrogens with one attached hydrogen (secondary N) is 2. The molecule has 1 amide bonds. The molecule has 0 aromatic heterocycles. The van der Waals surface area contributed by atoms with Crippen LogP contribution in [-0.2, 0) is 9.53 Å². The van der Waals surface area contributed by atoms with E-state index in [0.717, 1.165) is 19.4 Å². The third kappa shape index (κ3) is 5.90. The summed E-state index contributed by atoms with van der Waals surface area (Å²) < 4.78 is 5.24. The standard InChI is InChI=1S/C15H28N2O3/c1-10(2)9-12(13(18)11-7-6-8-16-11)17-14(19)20-15(3,4)5/h10-12,16H,6-9H2,1-5H3,(H,17,19)/t11-,12?/m0/s1. The molecule has 0 saturated carbocycles. The number of carbonyl (C=O) groups excluding carboxylic acids is 2. The predicted molar refractivity (Wildman–Crippen MR) is 78.6 cm³/mol. The van der Waals surface area contributed by atoms with Gasteiger partial charge in [0.15, 0.2) is 5.78 Å². The zero-order valence-electron chi connectivity index (χ0n) is 13.3. The zero-order chi connectivity index (χ0) is 15.3. The Kier molecular flexibility index (Phi) is 5.99. The highest BCUT2D eigenvalue weighted by Crippen LogP contribution is 2.14. The quantitative estimate of drug-likeness (QED) is 0.812. The van der Waals surface area contributed by atoms with Crippen LogP contribution in [0, 0.1) is 5.92 Å². The SMILES string of the molecule is CC(C)CC(NC(=O)OC(C)(C)C)C(=O)[C@@H]1CCCN1. The fourth-order valence-electron chi connectivity index (χ4n) is 2.34. The molecule has 0 radical (unpaired) electrons. The van der Waals surface area contributed by atoms with Crippen molar-refractivity contribution < 1.29 is 14.3 Å². The van der Waals surface area contributed by atoms with Gasteiger partial charge in [-0.25, -0.2) is 4.79 Å². The van der Waals surface area contributed by atoms with Gasteiger partial charge >= 0.3 is 6.09 Å². The number of hydrogen-bond donors (Lipinski definition) is 2. The van der Waals surface area contributed by atoms with Gasteiger partial charge in [0.05, 0.1) is 12.1 Å². The van der Waals surface area contributed by atoms with E-state index in [1.807, 2.05) is 34.6 Å². The summed E-state index contributed by atoms with van der Waals surface area (Å²) in [4.78, 5) is 24.3. The molecule has 0 aliphatic carbocycles. The largest absolute Gasteiger partial charge is 0.444 e. The fourth-order valence-corrected chi connectivity index (χ4v) is 2.34. The van der Waals surface area contributed by atoms with E-state index in [-0.39, 0.29) is 11.8 Å². The van der Waals surface area contributed by atoms with E-state index in [1.54, 1.807) is 0 Å². The van der Waals surface area contributed by atoms with Crippen LogP contribution in [0.4, 0.5) is 4.79 Å². The number of alkyl carbamates (subject to hydrolysis) is 1. The first-order valence-corrected chi connectivity index (χ1v) is 7.45. The second-order valence-corrected chi connectivity index (χ2v) is 6.88. The van der Waals surface area contributed by atoms with Crippen molar-refractivity contribution >= 4 is 11.9 Å². The molecule has 1 aliphatic rings. The van der Waals surface area contributed by atoms with Crippen LogP contribution in [0.5, 0.6) is 0 Å². The van der Waals surface area contributed by atoms with Crippen LogP contribution in [0.3, 0.4) is 0 Å². The fraction of sp³-hybridized carbons (Fsp3) is 0.867. The number of Topliss-reactive ketones (excluding diaryl/α,β-unsaturated/α-hetero) is 1. The van der Waals surface area contributed by atoms with Gasteiger partial charge in [-0.05, 0) is 52.5 Å². The average Bonchev–Trinajstić information content (AvgIpc) is 2.76. The van der Waals surface area contributed by atoms with Crippen LogP contribution in [0.15, 0.2) is 0 Å². The van der Waals surface area contributed by atoms with E-state index in [1.165, 1.54) is 0 Å². The lowest BCUT2D eigenvalue weighted by Gasteiger charge is -2.25. The van der Waals surface area contributed by atoms with Crippen molar-refractivity contribution in [2.24, 2.45) is 5.92 Å². The lowest BCUT2D eigenvalue weighted by molar-refractivity contribution is -0.123. The number of rotatable bonds is 5. The van der Waals surface area contributed by atoms with E-state index in [2.05, 4.69) is 10.6 Å². The molecular weight excluding hydrogens is 256 g/mol. The normalized spacial score (nSPS) is 20.8. The van der Waals surface area contributed by atoms with Crippen molar-refractivity contribution in [3.8, 4) is 0 Å². The Hall–Kier alpha value is -1.10. The summed E-state index contributed by atoms with van der Waals surface area (Å²) in [5, 5.41) is 5.92. The third-order valence-corrected chi connectivity index (χ3v) is 3.15. The summed E-state index contributed by atoms with van der Waals surface area (Å²) in [7, 11) is 0. The molecule has 1 aliphatic heterocycles. The highest BCUT2D eigenvalue weighted by molar-refractivity contribution is 5.91. The summed E-state index contributed by atoms with van der Waals surface area (Å²) in [6.07, 6.45) is 1.98. The Balaban J connectivity index is 2.63. The number of hydrogen-bond acceptors (Lipinski definition) is 4. The van der Waals surface area contributed by atoms with Gasteiger partial charge in [0, 0.05) is 0 Å². The van der Waals surface area contributed by atoms with Gasteiger partial charge in [0.1, 0.15) is 5.60 Å². The smallest absolute Gasteiger partial charge is 0.408 e. The first kappa shape index (κ1) is 17.0. The van der Waals surface area contributed by atoms with E-state index < -0.39 is 17.7 Å². The third-order valence-electron chi connectivity index (χ3n) is 3.15. The molecule has 20 heavy (non-hydrogen) atoms. The Morgan fingerprint density at radius 3 is 2.45 bits per heavy atom. The van der Waals surface area contributed by atoms with Gasteiger partial charge < -0.3 is 15.4 Å². The molecule has 1 fully saturated rings. The van der Waals surface area contributed by atoms with Crippen molar-refractivity contribution in [3.05, 3.63) is 0 Å². The maximum Gasteiger partial charge on any atom is 0.408 e. The van der Waals surface area contributed by atoms with Gasteiger partial charge in [-0.15, -0.1) is 0 Å². The van der Waals surface area contributed by atoms with Crippen LogP contribution in [0.25, 0.3) is 0 Å². The van der Waals surface area contributed by atoms with Crippen LogP contribution >= 0.6 is 0 Å². The molecule has 0 aromatic carbocycles. The first-order chi connectivity index (χ1) is 9.19. The first-order valence-electron chi connectivity index (χ1n) is 7.45. The van der Waals surface area contributed by atoms with Crippen LogP contribution < -0.4 is 10.6 Å². The Labute approximate surface area is 121 Å². The number of amides is 1. The molecular formula is C15H28N2O3. The molecule has 5 heteroatoms. The van der Waals surface area contributed by atoms with E-state index in [4.69, 9.17) is 4.74 Å². The molecule has 1 heterocycles. The average molecular weight is 284 g/mol. The summed E-state index contributed by atoms with van der Waals surface area (Å²) in [5.74, 6) is 0.405. The van der Waals surface area contributed by atoms with Crippen molar-refractivity contribution in [1.82, 2.24) is 10.6 Å². The predicted octanol–water partition coefficient (Wildman–Crippen LogP) is 2.25. The van der Waals surface area contributed by atoms with Crippen LogP contribution in [0.2, 0.25) is 0 Å². The van der Waals surface area contributed by atoms with Crippen molar-refractivity contribution in [2.75, 3.05) is 6.54 Å². The Morgan fingerprint density at radius 1 is 1.35 bits per heavy atom. The van der Waals surface area contributed by atoms with E-state index in [9.17, 15) is 9.59 Å². The molecule has 2 N–H and O–H groups in total. The maximum atomic E-state index is 12.4.